The molecule has 0 bridgehead atoms. The van der Waals surface area contributed by atoms with Crippen LogP contribution in [0.2, 0.25) is 0 Å². The SMILES string of the molecule is CC[C@H](NC(=O)COC(=O)COc1cccc(C)c1C)c1ccc(C)cc1. The van der Waals surface area contributed by atoms with E-state index in [2.05, 4.69) is 5.32 Å². The Hall–Kier alpha value is -2.82. The molecule has 5 heteroatoms. The van der Waals surface area contributed by atoms with Crippen LogP contribution >= 0.6 is 0 Å². The van der Waals surface area contributed by atoms with E-state index in [9.17, 15) is 9.59 Å². The number of hydrogen-bond acceptors (Lipinski definition) is 4. The van der Waals surface area contributed by atoms with Crippen LogP contribution in [0, 0.1) is 20.8 Å². The second-order valence-corrected chi connectivity index (χ2v) is 6.59. The number of carbonyl (C=O) groups is 2. The zero-order chi connectivity index (χ0) is 19.8. The maximum absolute atomic E-state index is 12.1. The third-order valence-corrected chi connectivity index (χ3v) is 4.49. The van der Waals surface area contributed by atoms with E-state index in [1.54, 1.807) is 6.07 Å². The highest BCUT2D eigenvalue weighted by molar-refractivity contribution is 5.81. The van der Waals surface area contributed by atoms with Gasteiger partial charge in [-0.3, -0.25) is 4.79 Å². The van der Waals surface area contributed by atoms with Crippen molar-refractivity contribution in [1.29, 1.82) is 0 Å². The molecule has 0 radical (unpaired) electrons. The summed E-state index contributed by atoms with van der Waals surface area (Å²) in [6.07, 6.45) is 0.749. The molecular weight excluding hydrogens is 342 g/mol. The molecule has 27 heavy (non-hydrogen) atoms. The molecule has 0 aliphatic carbocycles. The molecule has 144 valence electrons. The quantitative estimate of drug-likeness (QED) is 0.719. The van der Waals surface area contributed by atoms with Gasteiger partial charge in [0.1, 0.15) is 5.75 Å². The van der Waals surface area contributed by atoms with E-state index in [4.69, 9.17) is 9.47 Å². The first kappa shape index (κ1) is 20.5. The average molecular weight is 369 g/mol. The van der Waals surface area contributed by atoms with Crippen molar-refractivity contribution in [1.82, 2.24) is 5.32 Å². The number of nitrogens with one attached hydrogen (secondary N) is 1. The third kappa shape index (κ3) is 6.13. The minimum absolute atomic E-state index is 0.108. The van der Waals surface area contributed by atoms with Gasteiger partial charge < -0.3 is 14.8 Å². The van der Waals surface area contributed by atoms with Gasteiger partial charge in [-0.2, -0.15) is 0 Å². The average Bonchev–Trinajstić information content (AvgIpc) is 2.66. The summed E-state index contributed by atoms with van der Waals surface area (Å²) in [4.78, 5) is 24.0. The summed E-state index contributed by atoms with van der Waals surface area (Å²) < 4.78 is 10.5. The molecule has 2 aromatic carbocycles. The van der Waals surface area contributed by atoms with Gasteiger partial charge in [-0.05, 0) is 49.9 Å². The largest absolute Gasteiger partial charge is 0.482 e. The minimum atomic E-state index is -0.575. The highest BCUT2D eigenvalue weighted by Gasteiger charge is 2.15. The Bertz CT molecular complexity index is 783. The molecule has 0 saturated heterocycles. The lowest BCUT2D eigenvalue weighted by atomic mass is 10.0. The molecule has 5 nitrogen and oxygen atoms in total. The predicted octanol–water partition coefficient (Wildman–Crippen LogP) is 3.80. The second-order valence-electron chi connectivity index (χ2n) is 6.59. The summed E-state index contributed by atoms with van der Waals surface area (Å²) in [5.41, 5.74) is 4.26. The lowest BCUT2D eigenvalue weighted by Gasteiger charge is -2.17. The smallest absolute Gasteiger partial charge is 0.344 e. The Labute approximate surface area is 160 Å². The van der Waals surface area contributed by atoms with Gasteiger partial charge in [0.25, 0.3) is 5.91 Å². The van der Waals surface area contributed by atoms with Gasteiger partial charge >= 0.3 is 5.97 Å². The van der Waals surface area contributed by atoms with Crippen molar-refractivity contribution in [2.24, 2.45) is 0 Å². The van der Waals surface area contributed by atoms with Crippen molar-refractivity contribution in [3.8, 4) is 5.75 Å². The van der Waals surface area contributed by atoms with Crippen LogP contribution in [0.3, 0.4) is 0 Å². The van der Waals surface area contributed by atoms with Crippen LogP contribution in [0.25, 0.3) is 0 Å². The van der Waals surface area contributed by atoms with Crippen molar-refractivity contribution in [2.75, 3.05) is 13.2 Å². The van der Waals surface area contributed by atoms with Gasteiger partial charge in [0.05, 0.1) is 6.04 Å². The molecule has 1 atom stereocenters. The molecule has 1 amide bonds. The Morgan fingerprint density at radius 1 is 1.00 bits per heavy atom. The lowest BCUT2D eigenvalue weighted by Crippen LogP contribution is -2.33. The molecule has 0 saturated carbocycles. The molecule has 0 fully saturated rings. The maximum atomic E-state index is 12.1. The van der Waals surface area contributed by atoms with Crippen LogP contribution in [0.15, 0.2) is 42.5 Å². The van der Waals surface area contributed by atoms with Crippen LogP contribution in [0.1, 0.15) is 41.6 Å². The summed E-state index contributed by atoms with van der Waals surface area (Å²) in [7, 11) is 0. The van der Waals surface area contributed by atoms with Crippen LogP contribution in [0.4, 0.5) is 0 Å². The molecule has 2 aromatic rings. The number of rotatable bonds is 8. The van der Waals surface area contributed by atoms with E-state index in [0.717, 1.165) is 28.7 Å². The minimum Gasteiger partial charge on any atom is -0.482 e. The van der Waals surface area contributed by atoms with E-state index in [1.165, 1.54) is 0 Å². The number of aryl methyl sites for hydroxylation is 2. The summed E-state index contributed by atoms with van der Waals surface area (Å²) in [5, 5.41) is 2.89. The molecule has 0 aliphatic rings. The van der Waals surface area contributed by atoms with E-state index < -0.39 is 5.97 Å². The van der Waals surface area contributed by atoms with E-state index in [0.29, 0.717) is 5.75 Å². The standard InChI is InChI=1S/C22H27NO4/c1-5-19(18-11-9-15(2)10-12-18)23-21(24)13-27-22(25)14-26-20-8-6-7-16(3)17(20)4/h6-12,19H,5,13-14H2,1-4H3,(H,23,24)/t19-/m0/s1. The number of esters is 1. The summed E-state index contributed by atoms with van der Waals surface area (Å²) in [5.74, 6) is -0.265. The first-order chi connectivity index (χ1) is 12.9. The van der Waals surface area contributed by atoms with E-state index in [-0.39, 0.29) is 25.2 Å². The number of carbonyl (C=O) groups excluding carboxylic acids is 2. The molecule has 1 N–H and O–H groups in total. The zero-order valence-electron chi connectivity index (χ0n) is 16.4. The highest BCUT2D eigenvalue weighted by Crippen LogP contribution is 2.20. The fourth-order valence-corrected chi connectivity index (χ4v) is 2.66. The third-order valence-electron chi connectivity index (χ3n) is 4.49. The Morgan fingerprint density at radius 3 is 2.37 bits per heavy atom. The lowest BCUT2D eigenvalue weighted by molar-refractivity contribution is -0.150. The van der Waals surface area contributed by atoms with Gasteiger partial charge in [0, 0.05) is 0 Å². The van der Waals surface area contributed by atoms with Gasteiger partial charge in [-0.1, -0.05) is 48.9 Å². The molecule has 0 spiro atoms. The molecule has 0 aliphatic heterocycles. The maximum Gasteiger partial charge on any atom is 0.344 e. The Balaban J connectivity index is 1.79. The van der Waals surface area contributed by atoms with Crippen molar-refractivity contribution < 1.29 is 19.1 Å². The van der Waals surface area contributed by atoms with Gasteiger partial charge in [0.15, 0.2) is 13.2 Å². The Morgan fingerprint density at radius 2 is 1.70 bits per heavy atom. The predicted molar refractivity (Wildman–Crippen MR) is 105 cm³/mol. The number of hydrogen-bond donors (Lipinski definition) is 1. The Kier molecular flexibility index (Phi) is 7.41. The van der Waals surface area contributed by atoms with Crippen LogP contribution in [-0.2, 0) is 14.3 Å². The topological polar surface area (TPSA) is 64.6 Å². The van der Waals surface area contributed by atoms with Gasteiger partial charge in [-0.25, -0.2) is 4.79 Å². The molecule has 0 heterocycles. The highest BCUT2D eigenvalue weighted by atomic mass is 16.6. The first-order valence-corrected chi connectivity index (χ1v) is 9.11. The second kappa shape index (κ2) is 9.76. The summed E-state index contributed by atoms with van der Waals surface area (Å²) >= 11 is 0. The number of ether oxygens (including phenoxy) is 2. The number of amides is 1. The monoisotopic (exact) mass is 369 g/mol. The molecular formula is C22H27NO4. The fraction of sp³-hybridized carbons (Fsp3) is 0.364. The fourth-order valence-electron chi connectivity index (χ4n) is 2.66. The van der Waals surface area contributed by atoms with Crippen molar-refractivity contribution >= 4 is 11.9 Å². The first-order valence-electron chi connectivity index (χ1n) is 9.11. The molecule has 2 rings (SSSR count). The number of benzene rings is 2. The van der Waals surface area contributed by atoms with Crippen LogP contribution in [0.5, 0.6) is 5.75 Å². The van der Waals surface area contributed by atoms with Crippen LogP contribution < -0.4 is 10.1 Å². The summed E-state index contributed by atoms with van der Waals surface area (Å²) in [6, 6.07) is 13.5. The van der Waals surface area contributed by atoms with Crippen molar-refractivity contribution in [3.63, 3.8) is 0 Å². The van der Waals surface area contributed by atoms with Crippen molar-refractivity contribution in [3.05, 3.63) is 64.7 Å². The molecule has 0 aromatic heterocycles. The van der Waals surface area contributed by atoms with Gasteiger partial charge in [-0.15, -0.1) is 0 Å². The zero-order valence-corrected chi connectivity index (χ0v) is 16.4. The van der Waals surface area contributed by atoms with E-state index in [1.807, 2.05) is 64.1 Å². The van der Waals surface area contributed by atoms with Gasteiger partial charge in [0.2, 0.25) is 0 Å². The van der Waals surface area contributed by atoms with E-state index >= 15 is 0 Å². The normalized spacial score (nSPS) is 11.6. The molecule has 0 unspecified atom stereocenters. The summed E-state index contributed by atoms with van der Waals surface area (Å²) in [6.45, 7) is 7.37. The van der Waals surface area contributed by atoms with Crippen LogP contribution in [-0.4, -0.2) is 25.1 Å². The van der Waals surface area contributed by atoms with Crippen molar-refractivity contribution in [2.45, 2.75) is 40.2 Å².